The number of nitrogens with one attached hydrogen (secondary N) is 2. The van der Waals surface area contributed by atoms with Crippen LogP contribution in [0.5, 0.6) is 5.75 Å². The van der Waals surface area contributed by atoms with E-state index in [1.165, 1.54) is 10.6 Å². The number of thiol groups is 1. The van der Waals surface area contributed by atoms with Crippen molar-refractivity contribution in [1.82, 2.24) is 19.8 Å². The Morgan fingerprint density at radius 3 is 2.80 bits per heavy atom. The lowest BCUT2D eigenvalue weighted by atomic mass is 9.71. The highest BCUT2D eigenvalue weighted by molar-refractivity contribution is 7.80. The summed E-state index contributed by atoms with van der Waals surface area (Å²) in [4.78, 5) is 25.2. The Morgan fingerprint density at radius 2 is 2.07 bits per heavy atom. The average Bonchev–Trinajstić information content (AvgIpc) is 2.91. The molecule has 1 aromatic heterocycles. The van der Waals surface area contributed by atoms with Crippen molar-refractivity contribution in [1.29, 1.82) is 0 Å². The van der Waals surface area contributed by atoms with Crippen LogP contribution in [-0.4, -0.2) is 51.5 Å². The predicted octanol–water partition coefficient (Wildman–Crippen LogP) is 4.93. The summed E-state index contributed by atoms with van der Waals surface area (Å²) in [5, 5.41) is 7.38. The van der Waals surface area contributed by atoms with Crippen LogP contribution in [0.4, 0.5) is 14.5 Å². The minimum Gasteiger partial charge on any atom is -0.483 e. The first kappa shape index (κ1) is 29.3. The van der Waals surface area contributed by atoms with E-state index in [2.05, 4.69) is 53.9 Å². The zero-order valence-corrected chi connectivity index (χ0v) is 24.8. The normalized spacial score (nSPS) is 23.0. The van der Waals surface area contributed by atoms with E-state index in [9.17, 15) is 13.6 Å². The van der Waals surface area contributed by atoms with Gasteiger partial charge in [-0.1, -0.05) is 20.8 Å². The topological polar surface area (TPSA) is 83.8 Å². The number of hydrogen-bond acceptors (Lipinski definition) is 6. The van der Waals surface area contributed by atoms with Gasteiger partial charge < -0.3 is 20.3 Å². The van der Waals surface area contributed by atoms with Crippen LogP contribution in [0.2, 0.25) is 0 Å². The Morgan fingerprint density at radius 1 is 1.27 bits per heavy atom. The molecule has 5 rings (SSSR count). The number of aliphatic imine (C=N–C) groups is 1. The minimum absolute atomic E-state index is 0.0354. The molecule has 3 atom stereocenters. The molecule has 3 aromatic rings. The van der Waals surface area contributed by atoms with Gasteiger partial charge in [0.15, 0.2) is 17.5 Å². The fraction of sp³-hybridized carbons (Fsp3) is 0.500. The van der Waals surface area contributed by atoms with Crippen LogP contribution in [0, 0.1) is 23.0 Å². The highest BCUT2D eigenvalue weighted by atomic mass is 32.1. The molecule has 2 heterocycles. The van der Waals surface area contributed by atoms with Crippen molar-refractivity contribution in [3.63, 3.8) is 0 Å². The maximum atomic E-state index is 14.1. The third-order valence-corrected chi connectivity index (χ3v) is 8.41. The lowest BCUT2D eigenvalue weighted by molar-refractivity contribution is 0.168. The summed E-state index contributed by atoms with van der Waals surface area (Å²) in [7, 11) is 1.59. The molecule has 2 aromatic carbocycles. The number of piperazine rings is 1. The summed E-state index contributed by atoms with van der Waals surface area (Å²) in [6.45, 7) is 9.07. The number of anilines is 1. The zero-order chi connectivity index (χ0) is 29.3. The monoisotopic (exact) mass is 584 g/mol. The van der Waals surface area contributed by atoms with Gasteiger partial charge in [-0.25, -0.2) is 18.8 Å². The van der Waals surface area contributed by atoms with Crippen LogP contribution in [0.15, 0.2) is 46.2 Å². The number of nitrogens with zero attached hydrogens (tertiary/aromatic N) is 4. The molecule has 0 radical (unpaired) electrons. The molecule has 1 saturated heterocycles. The Bertz CT molecular complexity index is 1510. The third kappa shape index (κ3) is 6.83. The highest BCUT2D eigenvalue weighted by Crippen LogP contribution is 2.40. The summed E-state index contributed by atoms with van der Waals surface area (Å²) >= 11 is 4.65. The molecular formula is C30H38F2N6O2S. The van der Waals surface area contributed by atoms with Crippen LogP contribution in [-0.2, 0) is 13.7 Å². The smallest absolute Gasteiger partial charge is 0.261 e. The Balaban J connectivity index is 1.43. The van der Waals surface area contributed by atoms with Gasteiger partial charge in [-0.2, -0.15) is 12.6 Å². The molecule has 2 fully saturated rings. The van der Waals surface area contributed by atoms with Crippen molar-refractivity contribution in [3.8, 4) is 5.75 Å². The van der Waals surface area contributed by atoms with Gasteiger partial charge >= 0.3 is 0 Å². The van der Waals surface area contributed by atoms with Crippen LogP contribution in [0.1, 0.15) is 45.9 Å². The van der Waals surface area contributed by atoms with E-state index < -0.39 is 11.6 Å². The predicted molar refractivity (Wildman–Crippen MR) is 162 cm³/mol. The minimum atomic E-state index is -0.818. The zero-order valence-electron chi connectivity index (χ0n) is 24.0. The number of halogens is 2. The first-order valence-corrected chi connectivity index (χ1v) is 14.6. The van der Waals surface area contributed by atoms with Gasteiger partial charge in [0.2, 0.25) is 0 Å². The molecule has 2 N–H and O–H groups in total. The van der Waals surface area contributed by atoms with E-state index in [-0.39, 0.29) is 29.3 Å². The average molecular weight is 585 g/mol. The van der Waals surface area contributed by atoms with Crippen LogP contribution >= 0.6 is 12.6 Å². The van der Waals surface area contributed by atoms with E-state index in [0.29, 0.717) is 34.6 Å². The van der Waals surface area contributed by atoms with Crippen molar-refractivity contribution < 1.29 is 13.5 Å². The van der Waals surface area contributed by atoms with Gasteiger partial charge in [-0.05, 0) is 60.9 Å². The Hall–Kier alpha value is -3.18. The molecule has 0 spiro atoms. The lowest BCUT2D eigenvalue weighted by Crippen LogP contribution is -2.52. The molecule has 1 saturated carbocycles. The number of benzene rings is 2. The van der Waals surface area contributed by atoms with Gasteiger partial charge in [0.25, 0.3) is 5.56 Å². The van der Waals surface area contributed by atoms with Crippen molar-refractivity contribution in [2.75, 3.05) is 25.0 Å². The molecule has 1 aliphatic heterocycles. The lowest BCUT2D eigenvalue weighted by Gasteiger charge is -2.39. The molecule has 2 aliphatic rings. The summed E-state index contributed by atoms with van der Waals surface area (Å²) in [5.41, 5.74) is 1.32. The van der Waals surface area contributed by atoms with Gasteiger partial charge in [0, 0.05) is 38.4 Å². The molecule has 3 unspecified atom stereocenters. The Labute approximate surface area is 244 Å². The largest absolute Gasteiger partial charge is 0.483 e. The van der Waals surface area contributed by atoms with E-state index in [4.69, 9.17) is 9.73 Å². The fourth-order valence-electron chi connectivity index (χ4n) is 5.79. The number of fused-ring (bicyclic) bond motifs is 1. The van der Waals surface area contributed by atoms with E-state index in [1.54, 1.807) is 13.1 Å². The van der Waals surface area contributed by atoms with Gasteiger partial charge in [0.1, 0.15) is 18.2 Å². The number of aromatic nitrogens is 2. The second-order valence-corrected chi connectivity index (χ2v) is 12.6. The quantitative estimate of drug-likeness (QED) is 0.224. The molecule has 220 valence electrons. The highest BCUT2D eigenvalue weighted by Gasteiger charge is 2.33. The summed E-state index contributed by atoms with van der Waals surface area (Å²) in [6.07, 6.45) is 3.29. The number of rotatable bonds is 5. The second-order valence-electron chi connectivity index (χ2n) is 11.9. The van der Waals surface area contributed by atoms with Crippen LogP contribution in [0.25, 0.3) is 10.9 Å². The van der Waals surface area contributed by atoms with Gasteiger partial charge in [0.05, 0.1) is 22.3 Å². The molecule has 1 aliphatic carbocycles. The Kier molecular flexibility index (Phi) is 8.56. The molecular weight excluding hydrogens is 546 g/mol. The molecule has 11 heteroatoms. The van der Waals surface area contributed by atoms with Crippen molar-refractivity contribution in [3.05, 3.63) is 64.2 Å². The first-order chi connectivity index (χ1) is 19.5. The molecule has 41 heavy (non-hydrogen) atoms. The molecule has 0 bridgehead atoms. The van der Waals surface area contributed by atoms with Crippen LogP contribution in [0.3, 0.4) is 0 Å². The summed E-state index contributed by atoms with van der Waals surface area (Å²) < 4.78 is 34.3. The van der Waals surface area contributed by atoms with Gasteiger partial charge in [-0.3, -0.25) is 9.36 Å². The fourth-order valence-corrected chi connectivity index (χ4v) is 6.11. The van der Waals surface area contributed by atoms with Crippen molar-refractivity contribution in [2.24, 2.45) is 23.4 Å². The SMILES string of the molecule is CC1CC(C)(C)CCC1N=C(Nc1ccc2c(=O)n(C)c(COc3ccc(F)cc3F)nc2c1)N1CCNC(S)C1. The van der Waals surface area contributed by atoms with E-state index in [1.807, 2.05) is 12.1 Å². The third-order valence-electron chi connectivity index (χ3n) is 8.07. The maximum Gasteiger partial charge on any atom is 0.261 e. The van der Waals surface area contributed by atoms with E-state index in [0.717, 1.165) is 56.1 Å². The summed E-state index contributed by atoms with van der Waals surface area (Å²) in [5.74, 6) is -0.0599. The molecule has 8 nitrogen and oxygen atoms in total. The van der Waals surface area contributed by atoms with Crippen molar-refractivity contribution >= 4 is 35.2 Å². The number of hydrogen-bond donors (Lipinski definition) is 3. The standard InChI is InChI=1S/C30H38F2N6O2S/c1-18-15-30(2,3)10-9-23(18)36-29(38-12-11-33-27(41)16-38)34-20-6-7-21-24(14-20)35-26(37(4)28(21)39)17-40-25-8-5-19(31)13-22(25)32/h5-8,13-14,18,23,27,33,41H,9-12,15-17H2,1-4H3,(H,34,36). The van der Waals surface area contributed by atoms with Crippen molar-refractivity contribution in [2.45, 2.75) is 58.1 Å². The maximum absolute atomic E-state index is 14.1. The number of guanidine groups is 1. The van der Waals surface area contributed by atoms with Gasteiger partial charge in [-0.15, -0.1) is 0 Å². The van der Waals surface area contributed by atoms with E-state index >= 15 is 0 Å². The first-order valence-electron chi connectivity index (χ1n) is 14.1. The number of ether oxygens (including phenoxy) is 1. The van der Waals surface area contributed by atoms with Crippen LogP contribution < -0.4 is 20.9 Å². The summed E-state index contributed by atoms with van der Waals surface area (Å²) in [6, 6.07) is 8.72. The molecule has 0 amide bonds. The second kappa shape index (κ2) is 12.0.